The lowest BCUT2D eigenvalue weighted by Gasteiger charge is -2.15. The molecule has 1 saturated carbocycles. The van der Waals surface area contributed by atoms with Crippen molar-refractivity contribution in [2.75, 3.05) is 18.2 Å². The van der Waals surface area contributed by atoms with Crippen LogP contribution in [-0.4, -0.2) is 39.6 Å². The van der Waals surface area contributed by atoms with E-state index in [1.807, 2.05) is 41.0 Å². The summed E-state index contributed by atoms with van der Waals surface area (Å²) in [6.07, 6.45) is 4.53. The van der Waals surface area contributed by atoms with Gasteiger partial charge in [-0.3, -0.25) is 9.36 Å². The van der Waals surface area contributed by atoms with E-state index in [4.69, 9.17) is 4.74 Å². The number of carbonyl (C=O) groups excluding carboxylic acids is 1. The standard InChI is InChI=1S/C24H29N5O2S/c1-17-8-7-11-19(14-17)25-15-22-27-28-24(29(22)20-12-5-6-13-21(20)31-2)32-16-23(30)26-18-9-3-4-10-18/h5-8,11-14,18,25H,3-4,9-10,15-16H2,1-2H3,(H,26,30). The third-order valence-electron chi connectivity index (χ3n) is 5.55. The van der Waals surface area contributed by atoms with Crippen LogP contribution in [0.5, 0.6) is 5.75 Å². The van der Waals surface area contributed by atoms with Gasteiger partial charge in [-0.15, -0.1) is 10.2 Å². The first kappa shape index (κ1) is 22.2. The number of para-hydroxylation sites is 2. The number of nitrogens with zero attached hydrogens (tertiary/aromatic N) is 3. The third-order valence-corrected chi connectivity index (χ3v) is 6.48. The van der Waals surface area contributed by atoms with E-state index in [0.717, 1.165) is 35.8 Å². The number of methoxy groups -OCH3 is 1. The monoisotopic (exact) mass is 451 g/mol. The maximum absolute atomic E-state index is 12.5. The second-order valence-electron chi connectivity index (χ2n) is 7.97. The molecule has 2 N–H and O–H groups in total. The molecule has 8 heteroatoms. The topological polar surface area (TPSA) is 81.1 Å². The van der Waals surface area contributed by atoms with E-state index in [-0.39, 0.29) is 5.91 Å². The lowest BCUT2D eigenvalue weighted by molar-refractivity contribution is -0.119. The zero-order valence-corrected chi connectivity index (χ0v) is 19.3. The Bertz CT molecular complexity index is 1060. The van der Waals surface area contributed by atoms with Crippen molar-refractivity contribution < 1.29 is 9.53 Å². The van der Waals surface area contributed by atoms with Crippen molar-refractivity contribution in [3.63, 3.8) is 0 Å². The van der Waals surface area contributed by atoms with Gasteiger partial charge in [0.05, 0.1) is 25.1 Å². The van der Waals surface area contributed by atoms with Gasteiger partial charge in [0.15, 0.2) is 11.0 Å². The van der Waals surface area contributed by atoms with E-state index in [1.54, 1.807) is 7.11 Å². The predicted octanol–water partition coefficient (Wildman–Crippen LogP) is 4.35. The molecular formula is C24H29N5O2S. The molecule has 3 aromatic rings. The highest BCUT2D eigenvalue weighted by Crippen LogP contribution is 2.29. The van der Waals surface area contributed by atoms with Crippen LogP contribution in [0.1, 0.15) is 37.1 Å². The number of carbonyl (C=O) groups is 1. The summed E-state index contributed by atoms with van der Waals surface area (Å²) >= 11 is 1.39. The van der Waals surface area contributed by atoms with Crippen molar-refractivity contribution in [1.29, 1.82) is 0 Å². The quantitative estimate of drug-likeness (QED) is 0.471. The Morgan fingerprint density at radius 1 is 1.16 bits per heavy atom. The summed E-state index contributed by atoms with van der Waals surface area (Å²) in [6, 6.07) is 16.3. The summed E-state index contributed by atoms with van der Waals surface area (Å²) in [4.78, 5) is 12.5. The van der Waals surface area contributed by atoms with E-state index >= 15 is 0 Å². The fourth-order valence-electron chi connectivity index (χ4n) is 3.97. The van der Waals surface area contributed by atoms with Gasteiger partial charge in [-0.2, -0.15) is 0 Å². The number of aryl methyl sites for hydroxylation is 1. The Morgan fingerprint density at radius 3 is 2.75 bits per heavy atom. The van der Waals surface area contributed by atoms with E-state index in [1.165, 1.54) is 30.2 Å². The number of ether oxygens (including phenoxy) is 1. The Balaban J connectivity index is 1.54. The fourth-order valence-corrected chi connectivity index (χ4v) is 4.75. The zero-order valence-electron chi connectivity index (χ0n) is 18.5. The molecule has 0 unspecified atom stereocenters. The minimum Gasteiger partial charge on any atom is -0.495 e. The smallest absolute Gasteiger partial charge is 0.230 e. The van der Waals surface area contributed by atoms with Crippen molar-refractivity contribution in [2.45, 2.75) is 50.4 Å². The van der Waals surface area contributed by atoms with Crippen molar-refractivity contribution in [1.82, 2.24) is 20.1 Å². The first-order valence-corrected chi connectivity index (χ1v) is 11.9. The van der Waals surface area contributed by atoms with Crippen LogP contribution in [0.2, 0.25) is 0 Å². The van der Waals surface area contributed by atoms with Crippen LogP contribution in [0.15, 0.2) is 53.7 Å². The Kier molecular flexibility index (Phi) is 7.32. The number of benzene rings is 2. The number of rotatable bonds is 9. The lowest BCUT2D eigenvalue weighted by atomic mass is 10.2. The molecule has 2 aromatic carbocycles. The van der Waals surface area contributed by atoms with Gasteiger partial charge in [0.25, 0.3) is 0 Å². The van der Waals surface area contributed by atoms with Crippen molar-refractivity contribution in [3.05, 3.63) is 59.9 Å². The maximum atomic E-state index is 12.5. The molecule has 1 aliphatic rings. The summed E-state index contributed by atoms with van der Waals surface area (Å²) in [5, 5.41) is 16.1. The van der Waals surface area contributed by atoms with E-state index < -0.39 is 0 Å². The molecule has 1 aliphatic carbocycles. The van der Waals surface area contributed by atoms with E-state index in [9.17, 15) is 4.79 Å². The van der Waals surface area contributed by atoms with Gasteiger partial charge in [0, 0.05) is 11.7 Å². The molecule has 0 spiro atoms. The number of amides is 1. The fraction of sp³-hybridized carbons (Fsp3) is 0.375. The van der Waals surface area contributed by atoms with Crippen LogP contribution < -0.4 is 15.4 Å². The van der Waals surface area contributed by atoms with Gasteiger partial charge in [-0.05, 0) is 49.6 Å². The zero-order chi connectivity index (χ0) is 22.3. The summed E-state index contributed by atoms with van der Waals surface area (Å²) in [6.45, 7) is 2.55. The number of hydrogen-bond acceptors (Lipinski definition) is 6. The molecule has 0 bridgehead atoms. The molecule has 1 heterocycles. The van der Waals surface area contributed by atoms with Crippen LogP contribution in [0.25, 0.3) is 5.69 Å². The Labute approximate surface area is 193 Å². The van der Waals surface area contributed by atoms with Crippen LogP contribution in [-0.2, 0) is 11.3 Å². The summed E-state index contributed by atoms with van der Waals surface area (Å²) < 4.78 is 7.55. The lowest BCUT2D eigenvalue weighted by Crippen LogP contribution is -2.33. The highest BCUT2D eigenvalue weighted by atomic mass is 32.2. The Morgan fingerprint density at radius 2 is 1.97 bits per heavy atom. The number of thioether (sulfide) groups is 1. The second kappa shape index (κ2) is 10.5. The van der Waals surface area contributed by atoms with Gasteiger partial charge in [-0.1, -0.05) is 48.9 Å². The number of nitrogens with one attached hydrogen (secondary N) is 2. The maximum Gasteiger partial charge on any atom is 0.230 e. The average molecular weight is 452 g/mol. The molecule has 4 rings (SSSR count). The van der Waals surface area contributed by atoms with Crippen LogP contribution >= 0.6 is 11.8 Å². The first-order chi connectivity index (χ1) is 15.6. The molecule has 0 radical (unpaired) electrons. The normalized spacial score (nSPS) is 13.8. The molecule has 0 atom stereocenters. The van der Waals surface area contributed by atoms with Gasteiger partial charge < -0.3 is 15.4 Å². The largest absolute Gasteiger partial charge is 0.495 e. The van der Waals surface area contributed by atoms with Gasteiger partial charge in [0.1, 0.15) is 5.75 Å². The second-order valence-corrected chi connectivity index (χ2v) is 8.91. The molecule has 1 aromatic heterocycles. The number of hydrogen-bond donors (Lipinski definition) is 2. The predicted molar refractivity (Wildman–Crippen MR) is 128 cm³/mol. The van der Waals surface area contributed by atoms with Crippen molar-refractivity contribution in [2.24, 2.45) is 0 Å². The van der Waals surface area contributed by atoms with Gasteiger partial charge in [0.2, 0.25) is 5.91 Å². The summed E-state index contributed by atoms with van der Waals surface area (Å²) in [5.74, 6) is 1.81. The molecule has 0 aliphatic heterocycles. The molecular weight excluding hydrogens is 422 g/mol. The molecule has 7 nitrogen and oxygen atoms in total. The van der Waals surface area contributed by atoms with Gasteiger partial charge >= 0.3 is 0 Å². The van der Waals surface area contributed by atoms with Crippen LogP contribution in [0, 0.1) is 6.92 Å². The third kappa shape index (κ3) is 5.43. The van der Waals surface area contributed by atoms with Crippen LogP contribution in [0.3, 0.4) is 0 Å². The molecule has 168 valence electrons. The molecule has 32 heavy (non-hydrogen) atoms. The molecule has 1 amide bonds. The first-order valence-electron chi connectivity index (χ1n) is 10.9. The summed E-state index contributed by atoms with van der Waals surface area (Å²) in [7, 11) is 1.65. The highest BCUT2D eigenvalue weighted by molar-refractivity contribution is 7.99. The minimum absolute atomic E-state index is 0.0379. The Hall–Kier alpha value is -3.00. The minimum atomic E-state index is 0.0379. The highest BCUT2D eigenvalue weighted by Gasteiger charge is 2.20. The van der Waals surface area contributed by atoms with Gasteiger partial charge in [-0.25, -0.2) is 0 Å². The van der Waals surface area contributed by atoms with Crippen molar-refractivity contribution in [3.8, 4) is 11.4 Å². The molecule has 0 saturated heterocycles. The summed E-state index contributed by atoms with van der Waals surface area (Å²) in [5.41, 5.74) is 3.05. The average Bonchev–Trinajstić information content (AvgIpc) is 3.46. The van der Waals surface area contributed by atoms with Crippen LogP contribution in [0.4, 0.5) is 5.69 Å². The van der Waals surface area contributed by atoms with E-state index in [0.29, 0.717) is 23.5 Å². The van der Waals surface area contributed by atoms with E-state index in [2.05, 4.69) is 39.9 Å². The SMILES string of the molecule is COc1ccccc1-n1c(CNc2cccc(C)c2)nnc1SCC(=O)NC1CCCC1. The van der Waals surface area contributed by atoms with Crippen molar-refractivity contribution >= 4 is 23.4 Å². The number of anilines is 1. The molecule has 1 fully saturated rings. The number of aromatic nitrogens is 3.